The van der Waals surface area contributed by atoms with Gasteiger partial charge in [-0.2, -0.15) is 0 Å². The Bertz CT molecular complexity index is 453. The summed E-state index contributed by atoms with van der Waals surface area (Å²) in [6.45, 7) is 8.67. The molecule has 2 fully saturated rings. The van der Waals surface area contributed by atoms with Crippen LogP contribution in [0.4, 0.5) is 0 Å². The van der Waals surface area contributed by atoms with Crippen LogP contribution in [0.15, 0.2) is 0 Å². The molecule has 0 aromatic carbocycles. The lowest BCUT2D eigenvalue weighted by Crippen LogP contribution is -2.48. The molecule has 2 aliphatic heterocycles. The minimum absolute atomic E-state index is 0.0425. The third kappa shape index (κ3) is 7.76. The molecule has 7 heteroatoms. The molecule has 0 bridgehead atoms. The summed E-state index contributed by atoms with van der Waals surface area (Å²) in [4.78, 5) is 26.8. The summed E-state index contributed by atoms with van der Waals surface area (Å²) in [6.07, 6.45) is 3.82. The van der Waals surface area contributed by atoms with E-state index in [1.54, 1.807) is 11.8 Å². The maximum atomic E-state index is 12.0. The van der Waals surface area contributed by atoms with Crippen molar-refractivity contribution < 1.29 is 19.8 Å². The number of likely N-dealkylation sites (tertiary alicyclic amines) is 2. The van der Waals surface area contributed by atoms with E-state index < -0.39 is 12.2 Å². The number of aliphatic hydroxyl groups excluding tert-OH is 2. The summed E-state index contributed by atoms with van der Waals surface area (Å²) in [5, 5.41) is 21.7. The molecule has 3 atom stereocenters. The molecule has 2 heterocycles. The zero-order valence-corrected chi connectivity index (χ0v) is 17.5. The van der Waals surface area contributed by atoms with Gasteiger partial charge in [-0.3, -0.25) is 9.59 Å². The lowest BCUT2D eigenvalue weighted by Gasteiger charge is -2.33. The van der Waals surface area contributed by atoms with Crippen LogP contribution in [0.3, 0.4) is 0 Å². The number of nitrogens with one attached hydrogen (secondary N) is 1. The number of β-amino-alcohol motifs (C(OH)–C–C–N with tert-alkyl or cyclic N) is 1. The molecule has 7 nitrogen and oxygen atoms in total. The number of carbonyl (C=O) groups excluding carboxylic acids is 2. The molecule has 0 aliphatic carbocycles. The van der Waals surface area contributed by atoms with Crippen molar-refractivity contribution in [3.63, 3.8) is 0 Å². The molecule has 27 heavy (non-hydrogen) atoms. The Labute approximate surface area is 164 Å². The highest BCUT2D eigenvalue weighted by Gasteiger charge is 2.27. The second-order valence-corrected chi connectivity index (χ2v) is 7.69. The van der Waals surface area contributed by atoms with Gasteiger partial charge in [0, 0.05) is 44.6 Å². The smallest absolute Gasteiger partial charge is 0.225 e. The molecule has 2 rings (SSSR count). The first-order valence-electron chi connectivity index (χ1n) is 10.4. The predicted octanol–water partition coefficient (Wildman–Crippen LogP) is 0.984. The van der Waals surface area contributed by atoms with Gasteiger partial charge < -0.3 is 25.3 Å². The molecule has 0 aromatic rings. The molecule has 0 aromatic heterocycles. The Morgan fingerprint density at radius 1 is 1.04 bits per heavy atom. The fourth-order valence-electron chi connectivity index (χ4n) is 3.63. The van der Waals surface area contributed by atoms with Gasteiger partial charge in [-0.1, -0.05) is 27.2 Å². The van der Waals surface area contributed by atoms with Crippen molar-refractivity contribution >= 4 is 11.8 Å². The molecular formula is C20H39N3O4. The van der Waals surface area contributed by atoms with Gasteiger partial charge in [0.1, 0.15) is 0 Å². The molecule has 2 saturated heterocycles. The number of hydrogen-bond donors (Lipinski definition) is 3. The van der Waals surface area contributed by atoms with E-state index >= 15 is 0 Å². The van der Waals surface area contributed by atoms with E-state index in [2.05, 4.69) is 19.2 Å². The highest BCUT2D eigenvalue weighted by molar-refractivity contribution is 5.78. The minimum atomic E-state index is -0.769. The van der Waals surface area contributed by atoms with Gasteiger partial charge >= 0.3 is 0 Å². The van der Waals surface area contributed by atoms with Gasteiger partial charge in [0.2, 0.25) is 11.8 Å². The molecule has 0 radical (unpaired) electrons. The predicted molar refractivity (Wildman–Crippen MR) is 106 cm³/mol. The van der Waals surface area contributed by atoms with E-state index in [0.29, 0.717) is 31.3 Å². The standard InChI is InChI=1S/C12H24N2O.C8H15NO3/c1-4-5-10(2)12(15)14-8-6-11(13-3)7-9-14;1-2-8(12)9-4-3-6(10)7(11)5-9/h10-11,13H,4-9H2,1-3H3;6-7,10-11H,2-5H2,1H3. The van der Waals surface area contributed by atoms with Crippen LogP contribution in [0.25, 0.3) is 0 Å². The summed E-state index contributed by atoms with van der Waals surface area (Å²) in [6, 6.07) is 0.607. The number of nitrogens with zero attached hydrogens (tertiary/aromatic N) is 2. The van der Waals surface area contributed by atoms with Crippen molar-refractivity contribution in [2.24, 2.45) is 5.92 Å². The molecule has 0 spiro atoms. The maximum absolute atomic E-state index is 12.0. The van der Waals surface area contributed by atoms with Crippen molar-refractivity contribution in [2.45, 2.75) is 77.5 Å². The Morgan fingerprint density at radius 2 is 1.63 bits per heavy atom. The largest absolute Gasteiger partial charge is 0.390 e. The highest BCUT2D eigenvalue weighted by atomic mass is 16.3. The van der Waals surface area contributed by atoms with Crippen LogP contribution >= 0.6 is 0 Å². The SMILES string of the molecule is CCC(=O)N1CCC(O)C(O)C1.CCCC(C)C(=O)N1CCC(NC)CC1. The third-order valence-corrected chi connectivity index (χ3v) is 5.56. The monoisotopic (exact) mass is 385 g/mol. The number of aliphatic hydroxyl groups is 2. The van der Waals surface area contributed by atoms with Crippen molar-refractivity contribution in [3.05, 3.63) is 0 Å². The van der Waals surface area contributed by atoms with Crippen LogP contribution < -0.4 is 5.32 Å². The maximum Gasteiger partial charge on any atom is 0.225 e. The first kappa shape index (κ1) is 23.9. The number of amides is 2. The fourth-order valence-corrected chi connectivity index (χ4v) is 3.63. The van der Waals surface area contributed by atoms with Gasteiger partial charge in [0.05, 0.1) is 12.2 Å². The zero-order chi connectivity index (χ0) is 20.4. The molecule has 158 valence electrons. The molecule has 2 aliphatic rings. The molecule has 3 unspecified atom stereocenters. The van der Waals surface area contributed by atoms with Crippen LogP contribution in [0, 0.1) is 5.92 Å². The fraction of sp³-hybridized carbons (Fsp3) is 0.900. The molecule has 0 saturated carbocycles. The number of rotatable bonds is 5. The molecule has 3 N–H and O–H groups in total. The van der Waals surface area contributed by atoms with Crippen LogP contribution in [-0.2, 0) is 9.59 Å². The second kappa shape index (κ2) is 12.3. The van der Waals surface area contributed by atoms with Crippen molar-refractivity contribution in [1.82, 2.24) is 15.1 Å². The Hall–Kier alpha value is -1.18. The summed E-state index contributed by atoms with van der Waals surface area (Å²) in [7, 11) is 2.00. The Morgan fingerprint density at radius 3 is 2.11 bits per heavy atom. The van der Waals surface area contributed by atoms with E-state index in [9.17, 15) is 14.7 Å². The Kier molecular flexibility index (Phi) is 10.9. The van der Waals surface area contributed by atoms with E-state index in [4.69, 9.17) is 5.11 Å². The minimum Gasteiger partial charge on any atom is -0.390 e. The van der Waals surface area contributed by atoms with Gasteiger partial charge in [-0.15, -0.1) is 0 Å². The number of carbonyl (C=O) groups is 2. The van der Waals surface area contributed by atoms with Gasteiger partial charge in [-0.25, -0.2) is 0 Å². The lowest BCUT2D eigenvalue weighted by atomic mass is 10.0. The zero-order valence-electron chi connectivity index (χ0n) is 17.5. The number of piperidine rings is 2. The van der Waals surface area contributed by atoms with Crippen LogP contribution in [0.2, 0.25) is 0 Å². The summed E-state index contributed by atoms with van der Waals surface area (Å²) < 4.78 is 0. The topological polar surface area (TPSA) is 93.1 Å². The van der Waals surface area contributed by atoms with Crippen LogP contribution in [0.1, 0.15) is 59.3 Å². The molecular weight excluding hydrogens is 346 g/mol. The van der Waals surface area contributed by atoms with Crippen molar-refractivity contribution in [3.8, 4) is 0 Å². The van der Waals surface area contributed by atoms with Gasteiger partial charge in [0.15, 0.2) is 0 Å². The van der Waals surface area contributed by atoms with E-state index in [1.165, 1.54) is 0 Å². The van der Waals surface area contributed by atoms with Gasteiger partial charge in [0.25, 0.3) is 0 Å². The average molecular weight is 386 g/mol. The molecule has 2 amide bonds. The summed E-state index contributed by atoms with van der Waals surface area (Å²) >= 11 is 0. The summed E-state index contributed by atoms with van der Waals surface area (Å²) in [5.41, 5.74) is 0. The first-order chi connectivity index (χ1) is 12.8. The quantitative estimate of drug-likeness (QED) is 0.656. The van der Waals surface area contributed by atoms with Crippen LogP contribution in [0.5, 0.6) is 0 Å². The van der Waals surface area contributed by atoms with Crippen LogP contribution in [-0.4, -0.2) is 83.3 Å². The van der Waals surface area contributed by atoms with E-state index in [-0.39, 0.29) is 18.4 Å². The Balaban J connectivity index is 0.000000277. The average Bonchev–Trinajstić information content (AvgIpc) is 2.69. The lowest BCUT2D eigenvalue weighted by molar-refractivity contribution is -0.137. The third-order valence-electron chi connectivity index (χ3n) is 5.56. The first-order valence-corrected chi connectivity index (χ1v) is 10.4. The normalized spacial score (nSPS) is 24.8. The van der Waals surface area contributed by atoms with E-state index in [1.807, 2.05) is 11.9 Å². The van der Waals surface area contributed by atoms with Gasteiger partial charge in [-0.05, 0) is 32.7 Å². The summed E-state index contributed by atoms with van der Waals surface area (Å²) in [5.74, 6) is 0.605. The van der Waals surface area contributed by atoms with E-state index in [0.717, 1.165) is 38.8 Å². The second-order valence-electron chi connectivity index (χ2n) is 7.69. The van der Waals surface area contributed by atoms with Crippen molar-refractivity contribution in [1.29, 1.82) is 0 Å². The number of hydrogen-bond acceptors (Lipinski definition) is 5. The highest BCUT2D eigenvalue weighted by Crippen LogP contribution is 2.15. The van der Waals surface area contributed by atoms with Crippen molar-refractivity contribution in [2.75, 3.05) is 33.2 Å².